The molecule has 17 heavy (non-hydrogen) atoms. The summed E-state index contributed by atoms with van der Waals surface area (Å²) in [6, 6.07) is 4.50. The van der Waals surface area contributed by atoms with Crippen LogP contribution in [-0.2, 0) is 13.0 Å². The van der Waals surface area contributed by atoms with Gasteiger partial charge in [0.05, 0.1) is 5.52 Å². The van der Waals surface area contributed by atoms with Gasteiger partial charge in [-0.05, 0) is 48.6 Å². The summed E-state index contributed by atoms with van der Waals surface area (Å²) >= 11 is 3.62. The second-order valence-corrected chi connectivity index (χ2v) is 5.89. The van der Waals surface area contributed by atoms with E-state index in [1.54, 1.807) is 0 Å². The van der Waals surface area contributed by atoms with Gasteiger partial charge in [-0.25, -0.2) is 0 Å². The van der Waals surface area contributed by atoms with Crippen LogP contribution < -0.4 is 5.73 Å². The van der Waals surface area contributed by atoms with Crippen LogP contribution in [0.1, 0.15) is 30.4 Å². The summed E-state index contributed by atoms with van der Waals surface area (Å²) < 4.78 is 3.59. The van der Waals surface area contributed by atoms with Crippen LogP contribution in [0.2, 0.25) is 0 Å². The lowest BCUT2D eigenvalue weighted by Gasteiger charge is -2.15. The standard InChI is InChI=1S/C14H17BrN2/c1-9(7-16)13-8-17-4-2-3-10-5-11(15)6-12(13)14(10)17/h5-6,8-9H,2-4,7,16H2,1H3. The number of rotatable bonds is 2. The zero-order chi connectivity index (χ0) is 12.0. The van der Waals surface area contributed by atoms with Gasteiger partial charge in [-0.2, -0.15) is 0 Å². The molecule has 0 bridgehead atoms. The third-order valence-corrected chi connectivity index (χ3v) is 4.23. The molecule has 0 spiro atoms. The molecule has 0 saturated heterocycles. The van der Waals surface area contributed by atoms with Gasteiger partial charge < -0.3 is 10.3 Å². The summed E-state index contributed by atoms with van der Waals surface area (Å²) in [4.78, 5) is 0. The molecule has 0 amide bonds. The normalized spacial score (nSPS) is 16.4. The van der Waals surface area contributed by atoms with E-state index in [1.807, 2.05) is 0 Å². The molecule has 3 heteroatoms. The monoisotopic (exact) mass is 292 g/mol. The zero-order valence-electron chi connectivity index (χ0n) is 10.0. The number of nitrogens with zero attached hydrogens (tertiary/aromatic N) is 1. The van der Waals surface area contributed by atoms with Crippen molar-refractivity contribution >= 4 is 26.8 Å². The first-order chi connectivity index (χ1) is 8.20. The van der Waals surface area contributed by atoms with Gasteiger partial charge in [-0.1, -0.05) is 22.9 Å². The Balaban J connectivity index is 2.33. The molecule has 3 rings (SSSR count). The predicted molar refractivity (Wildman–Crippen MR) is 75.4 cm³/mol. The number of aromatic nitrogens is 1. The molecule has 0 aliphatic carbocycles. The van der Waals surface area contributed by atoms with Crippen molar-refractivity contribution in [3.8, 4) is 0 Å². The van der Waals surface area contributed by atoms with Crippen molar-refractivity contribution < 1.29 is 0 Å². The Morgan fingerprint density at radius 2 is 2.29 bits per heavy atom. The molecule has 1 atom stereocenters. The van der Waals surface area contributed by atoms with Crippen molar-refractivity contribution in [2.24, 2.45) is 5.73 Å². The van der Waals surface area contributed by atoms with Crippen molar-refractivity contribution in [3.05, 3.63) is 33.9 Å². The van der Waals surface area contributed by atoms with E-state index in [4.69, 9.17) is 5.73 Å². The van der Waals surface area contributed by atoms with Gasteiger partial charge in [-0.15, -0.1) is 0 Å². The molecule has 1 aliphatic rings. The Labute approximate surface area is 110 Å². The number of aryl methyl sites for hydroxylation is 2. The molecule has 1 unspecified atom stereocenters. The topological polar surface area (TPSA) is 30.9 Å². The Morgan fingerprint density at radius 3 is 3.06 bits per heavy atom. The number of hydrogen-bond donors (Lipinski definition) is 1. The van der Waals surface area contributed by atoms with Crippen LogP contribution in [0.15, 0.2) is 22.8 Å². The van der Waals surface area contributed by atoms with E-state index in [0.29, 0.717) is 12.5 Å². The van der Waals surface area contributed by atoms with E-state index in [1.165, 1.54) is 39.3 Å². The quantitative estimate of drug-likeness (QED) is 0.903. The Bertz CT molecular complexity index is 571. The fourth-order valence-corrected chi connectivity index (χ4v) is 3.35. The van der Waals surface area contributed by atoms with E-state index < -0.39 is 0 Å². The SMILES string of the molecule is CC(CN)c1cn2c3c(cc(Br)cc13)CCC2. The average molecular weight is 293 g/mol. The van der Waals surface area contributed by atoms with Gasteiger partial charge in [0, 0.05) is 22.6 Å². The first-order valence-corrected chi connectivity index (χ1v) is 7.01. The smallest absolute Gasteiger partial charge is 0.0516 e. The van der Waals surface area contributed by atoms with E-state index in [9.17, 15) is 0 Å². The molecule has 2 N–H and O–H groups in total. The van der Waals surface area contributed by atoms with Crippen molar-refractivity contribution in [1.29, 1.82) is 0 Å². The molecule has 2 aromatic rings. The number of hydrogen-bond acceptors (Lipinski definition) is 1. The average Bonchev–Trinajstić information content (AvgIpc) is 2.69. The molecule has 2 heterocycles. The fraction of sp³-hybridized carbons (Fsp3) is 0.429. The van der Waals surface area contributed by atoms with Crippen LogP contribution in [-0.4, -0.2) is 11.1 Å². The number of nitrogens with two attached hydrogens (primary N) is 1. The molecule has 0 saturated carbocycles. The third kappa shape index (κ3) is 1.72. The summed E-state index contributed by atoms with van der Waals surface area (Å²) in [6.07, 6.45) is 4.73. The lowest BCUT2D eigenvalue weighted by molar-refractivity contribution is 0.632. The molecule has 2 nitrogen and oxygen atoms in total. The maximum absolute atomic E-state index is 5.82. The summed E-state index contributed by atoms with van der Waals surface area (Å²) in [5, 5.41) is 1.38. The zero-order valence-corrected chi connectivity index (χ0v) is 11.6. The minimum absolute atomic E-state index is 0.430. The molecule has 1 aliphatic heterocycles. The lowest BCUT2D eigenvalue weighted by atomic mass is 9.98. The van der Waals surface area contributed by atoms with Crippen LogP contribution in [0.25, 0.3) is 10.9 Å². The van der Waals surface area contributed by atoms with Crippen molar-refractivity contribution in [2.45, 2.75) is 32.2 Å². The largest absolute Gasteiger partial charge is 0.347 e. The van der Waals surface area contributed by atoms with Crippen molar-refractivity contribution in [2.75, 3.05) is 6.54 Å². The summed E-state index contributed by atoms with van der Waals surface area (Å²) in [5.74, 6) is 0.430. The third-order valence-electron chi connectivity index (χ3n) is 3.78. The van der Waals surface area contributed by atoms with E-state index in [2.05, 4.69) is 45.8 Å². The highest BCUT2D eigenvalue weighted by atomic mass is 79.9. The minimum atomic E-state index is 0.430. The summed E-state index contributed by atoms with van der Waals surface area (Å²) in [7, 11) is 0. The van der Waals surface area contributed by atoms with Crippen molar-refractivity contribution in [1.82, 2.24) is 4.57 Å². The highest BCUT2D eigenvalue weighted by Gasteiger charge is 2.19. The summed E-state index contributed by atoms with van der Waals surface area (Å²) in [6.45, 7) is 4.06. The Morgan fingerprint density at radius 1 is 1.47 bits per heavy atom. The molecule has 1 aromatic carbocycles. The molecule has 90 valence electrons. The van der Waals surface area contributed by atoms with Crippen LogP contribution in [0.3, 0.4) is 0 Å². The van der Waals surface area contributed by atoms with Gasteiger partial charge in [0.2, 0.25) is 0 Å². The predicted octanol–water partition coefficient (Wildman–Crippen LogP) is 3.41. The first kappa shape index (κ1) is 11.3. The highest BCUT2D eigenvalue weighted by Crippen LogP contribution is 2.35. The first-order valence-electron chi connectivity index (χ1n) is 6.22. The maximum atomic E-state index is 5.82. The van der Waals surface area contributed by atoms with Crippen LogP contribution in [0.4, 0.5) is 0 Å². The number of benzene rings is 1. The summed E-state index contributed by atoms with van der Waals surface area (Å²) in [5.41, 5.74) is 10.1. The highest BCUT2D eigenvalue weighted by molar-refractivity contribution is 9.10. The van der Waals surface area contributed by atoms with Crippen molar-refractivity contribution in [3.63, 3.8) is 0 Å². The van der Waals surface area contributed by atoms with Crippen LogP contribution in [0, 0.1) is 0 Å². The molecular weight excluding hydrogens is 276 g/mol. The Hall–Kier alpha value is -0.800. The molecule has 0 radical (unpaired) electrons. The lowest BCUT2D eigenvalue weighted by Crippen LogP contribution is -2.08. The number of halogens is 1. The fourth-order valence-electron chi connectivity index (χ4n) is 2.84. The van der Waals surface area contributed by atoms with Gasteiger partial charge >= 0.3 is 0 Å². The van der Waals surface area contributed by atoms with Crippen LogP contribution >= 0.6 is 15.9 Å². The molecule has 0 fully saturated rings. The van der Waals surface area contributed by atoms with E-state index in [-0.39, 0.29) is 0 Å². The molecular formula is C14H17BrN2. The van der Waals surface area contributed by atoms with E-state index >= 15 is 0 Å². The molecule has 1 aromatic heterocycles. The second-order valence-electron chi connectivity index (χ2n) is 4.98. The van der Waals surface area contributed by atoms with E-state index in [0.717, 1.165) is 6.54 Å². The Kier molecular flexibility index (Phi) is 2.75. The van der Waals surface area contributed by atoms with Gasteiger partial charge in [0.15, 0.2) is 0 Å². The van der Waals surface area contributed by atoms with Gasteiger partial charge in [0.1, 0.15) is 0 Å². The van der Waals surface area contributed by atoms with Gasteiger partial charge in [0.25, 0.3) is 0 Å². The maximum Gasteiger partial charge on any atom is 0.0516 e. The van der Waals surface area contributed by atoms with Crippen LogP contribution in [0.5, 0.6) is 0 Å². The minimum Gasteiger partial charge on any atom is -0.347 e. The van der Waals surface area contributed by atoms with Gasteiger partial charge in [-0.3, -0.25) is 0 Å². The second kappa shape index (κ2) is 4.14.